The van der Waals surface area contributed by atoms with Gasteiger partial charge >= 0.3 is 0 Å². The van der Waals surface area contributed by atoms with Crippen LogP contribution in [0.25, 0.3) is 0 Å². The van der Waals surface area contributed by atoms with Crippen LogP contribution in [0.4, 0.5) is 0 Å². The second-order valence-corrected chi connectivity index (χ2v) is 6.06. The molecule has 1 rings (SSSR count). The molecule has 0 aromatic carbocycles. The molecule has 1 aromatic heterocycles. The maximum absolute atomic E-state index is 4.49. The monoisotopic (exact) mass is 279 g/mol. The Hall–Kier alpha value is -0.830. The van der Waals surface area contributed by atoms with Crippen molar-refractivity contribution in [2.24, 2.45) is 0 Å². The van der Waals surface area contributed by atoms with Crippen LogP contribution < -0.4 is 5.32 Å². The van der Waals surface area contributed by atoms with E-state index in [9.17, 15) is 0 Å². The zero-order valence-corrected chi connectivity index (χ0v) is 13.9. The molecule has 1 unspecified atom stereocenters. The van der Waals surface area contributed by atoms with E-state index in [0.29, 0.717) is 6.04 Å². The van der Waals surface area contributed by atoms with E-state index in [1.165, 1.54) is 44.2 Å². The molecule has 0 fully saturated rings. The number of aromatic nitrogens is 2. The fraction of sp³-hybridized carbons (Fsp3) is 0.824. The highest BCUT2D eigenvalue weighted by molar-refractivity contribution is 5.06. The van der Waals surface area contributed by atoms with Crippen molar-refractivity contribution in [2.75, 3.05) is 6.54 Å². The molecular weight excluding hydrogens is 246 g/mol. The fourth-order valence-electron chi connectivity index (χ4n) is 2.63. The highest BCUT2D eigenvalue weighted by Gasteiger charge is 2.02. The molecular formula is C17H33N3. The normalized spacial score (nSPS) is 12.8. The third-order valence-corrected chi connectivity index (χ3v) is 3.88. The van der Waals surface area contributed by atoms with Gasteiger partial charge in [0.2, 0.25) is 0 Å². The SMILES string of the molecule is CCCCCCCC(C)NCCCn1nc(C)cc1C. The lowest BCUT2D eigenvalue weighted by molar-refractivity contribution is 0.456. The van der Waals surface area contributed by atoms with Gasteiger partial charge in [-0.05, 0) is 46.2 Å². The van der Waals surface area contributed by atoms with Crippen LogP contribution >= 0.6 is 0 Å². The Labute approximate surface area is 125 Å². The van der Waals surface area contributed by atoms with E-state index in [1.54, 1.807) is 0 Å². The Morgan fingerprint density at radius 3 is 2.55 bits per heavy atom. The molecule has 0 bridgehead atoms. The maximum atomic E-state index is 4.49. The Balaban J connectivity index is 2.01. The minimum Gasteiger partial charge on any atom is -0.314 e. The summed E-state index contributed by atoms with van der Waals surface area (Å²) in [5.41, 5.74) is 2.39. The first-order chi connectivity index (χ1) is 9.63. The van der Waals surface area contributed by atoms with Crippen LogP contribution in [0.2, 0.25) is 0 Å². The highest BCUT2D eigenvalue weighted by atomic mass is 15.3. The summed E-state index contributed by atoms with van der Waals surface area (Å²) >= 11 is 0. The van der Waals surface area contributed by atoms with E-state index in [-0.39, 0.29) is 0 Å². The van der Waals surface area contributed by atoms with Crippen LogP contribution in [-0.4, -0.2) is 22.4 Å². The third-order valence-electron chi connectivity index (χ3n) is 3.88. The third kappa shape index (κ3) is 7.09. The molecule has 0 spiro atoms. The fourth-order valence-corrected chi connectivity index (χ4v) is 2.63. The molecule has 1 N–H and O–H groups in total. The van der Waals surface area contributed by atoms with Crippen LogP contribution in [0, 0.1) is 13.8 Å². The first-order valence-corrected chi connectivity index (χ1v) is 8.38. The van der Waals surface area contributed by atoms with Gasteiger partial charge < -0.3 is 5.32 Å². The van der Waals surface area contributed by atoms with E-state index in [1.807, 2.05) is 0 Å². The van der Waals surface area contributed by atoms with Crippen LogP contribution in [-0.2, 0) is 6.54 Å². The molecule has 3 nitrogen and oxygen atoms in total. The summed E-state index contributed by atoms with van der Waals surface area (Å²) in [6, 6.07) is 2.80. The average molecular weight is 279 g/mol. The summed E-state index contributed by atoms with van der Waals surface area (Å²) in [5.74, 6) is 0. The molecule has 116 valence electrons. The molecule has 0 aliphatic heterocycles. The largest absolute Gasteiger partial charge is 0.314 e. The van der Waals surface area contributed by atoms with Gasteiger partial charge in [-0.1, -0.05) is 39.0 Å². The van der Waals surface area contributed by atoms with Crippen molar-refractivity contribution in [1.29, 1.82) is 0 Å². The molecule has 1 aromatic rings. The van der Waals surface area contributed by atoms with E-state index in [2.05, 4.69) is 48.9 Å². The van der Waals surface area contributed by atoms with Gasteiger partial charge in [0.25, 0.3) is 0 Å². The van der Waals surface area contributed by atoms with Crippen molar-refractivity contribution in [3.8, 4) is 0 Å². The Morgan fingerprint density at radius 2 is 1.90 bits per heavy atom. The number of unbranched alkanes of at least 4 members (excludes halogenated alkanes) is 4. The number of nitrogens with one attached hydrogen (secondary N) is 1. The van der Waals surface area contributed by atoms with Crippen LogP contribution in [0.3, 0.4) is 0 Å². The van der Waals surface area contributed by atoms with Gasteiger partial charge in [0, 0.05) is 18.3 Å². The standard InChI is InChI=1S/C17H33N3/c1-5-6-7-8-9-11-15(2)18-12-10-13-20-17(4)14-16(3)19-20/h14-15,18H,5-13H2,1-4H3. The lowest BCUT2D eigenvalue weighted by Gasteiger charge is -2.13. The topological polar surface area (TPSA) is 29.9 Å². The quantitative estimate of drug-likeness (QED) is 0.614. The molecule has 1 atom stereocenters. The molecule has 0 saturated carbocycles. The first-order valence-electron chi connectivity index (χ1n) is 8.38. The number of hydrogen-bond acceptors (Lipinski definition) is 2. The number of nitrogens with zero attached hydrogens (tertiary/aromatic N) is 2. The predicted octanol–water partition coefficient (Wildman–Crippen LogP) is 4.23. The maximum Gasteiger partial charge on any atom is 0.0596 e. The Bertz CT molecular complexity index is 357. The second kappa shape index (κ2) is 9.98. The van der Waals surface area contributed by atoms with Gasteiger partial charge in [0.05, 0.1) is 5.69 Å². The van der Waals surface area contributed by atoms with Crippen molar-refractivity contribution in [2.45, 2.75) is 85.2 Å². The van der Waals surface area contributed by atoms with Crippen molar-refractivity contribution >= 4 is 0 Å². The summed E-state index contributed by atoms with van der Waals surface area (Å²) < 4.78 is 2.12. The molecule has 0 radical (unpaired) electrons. The lowest BCUT2D eigenvalue weighted by Crippen LogP contribution is -2.27. The van der Waals surface area contributed by atoms with E-state index >= 15 is 0 Å². The molecule has 0 aliphatic rings. The van der Waals surface area contributed by atoms with Crippen LogP contribution in [0.5, 0.6) is 0 Å². The summed E-state index contributed by atoms with van der Waals surface area (Å²) in [5, 5.41) is 8.12. The van der Waals surface area contributed by atoms with Crippen LogP contribution in [0.15, 0.2) is 6.07 Å². The van der Waals surface area contributed by atoms with Crippen molar-refractivity contribution in [3.63, 3.8) is 0 Å². The van der Waals surface area contributed by atoms with Gasteiger partial charge in [0.15, 0.2) is 0 Å². The smallest absolute Gasteiger partial charge is 0.0596 e. The molecule has 0 amide bonds. The van der Waals surface area contributed by atoms with E-state index in [0.717, 1.165) is 25.2 Å². The second-order valence-electron chi connectivity index (χ2n) is 6.06. The highest BCUT2D eigenvalue weighted by Crippen LogP contribution is 2.07. The minimum atomic E-state index is 0.650. The van der Waals surface area contributed by atoms with Crippen molar-refractivity contribution in [3.05, 3.63) is 17.5 Å². The molecule has 0 aliphatic carbocycles. The number of aryl methyl sites for hydroxylation is 3. The first kappa shape index (κ1) is 17.2. The Kier molecular flexibility index (Phi) is 8.59. The van der Waals surface area contributed by atoms with Gasteiger partial charge in [-0.3, -0.25) is 4.68 Å². The lowest BCUT2D eigenvalue weighted by atomic mass is 10.1. The summed E-state index contributed by atoms with van der Waals surface area (Å²) in [7, 11) is 0. The zero-order valence-electron chi connectivity index (χ0n) is 13.9. The van der Waals surface area contributed by atoms with Gasteiger partial charge in [0.1, 0.15) is 0 Å². The average Bonchev–Trinajstić information content (AvgIpc) is 2.73. The van der Waals surface area contributed by atoms with Crippen LogP contribution in [0.1, 0.15) is 70.2 Å². The van der Waals surface area contributed by atoms with Gasteiger partial charge in [-0.15, -0.1) is 0 Å². The Morgan fingerprint density at radius 1 is 1.15 bits per heavy atom. The molecule has 20 heavy (non-hydrogen) atoms. The molecule has 0 saturated heterocycles. The zero-order chi connectivity index (χ0) is 14.8. The molecule has 1 heterocycles. The van der Waals surface area contributed by atoms with Crippen molar-refractivity contribution < 1.29 is 0 Å². The minimum absolute atomic E-state index is 0.650. The summed E-state index contributed by atoms with van der Waals surface area (Å²) in [6.45, 7) is 10.9. The van der Waals surface area contributed by atoms with E-state index in [4.69, 9.17) is 0 Å². The number of rotatable bonds is 11. The van der Waals surface area contributed by atoms with E-state index < -0.39 is 0 Å². The van der Waals surface area contributed by atoms with Crippen molar-refractivity contribution in [1.82, 2.24) is 15.1 Å². The summed E-state index contributed by atoms with van der Waals surface area (Å²) in [6.07, 6.45) is 9.36. The summed E-state index contributed by atoms with van der Waals surface area (Å²) in [4.78, 5) is 0. The molecule has 3 heteroatoms. The van der Waals surface area contributed by atoms with Gasteiger partial charge in [-0.2, -0.15) is 5.10 Å². The van der Waals surface area contributed by atoms with Gasteiger partial charge in [-0.25, -0.2) is 0 Å². The predicted molar refractivity (Wildman–Crippen MR) is 87.2 cm³/mol. The number of hydrogen-bond donors (Lipinski definition) is 1.